The number of hydrogen-bond donors (Lipinski definition) is 1. The van der Waals surface area contributed by atoms with E-state index in [1.54, 1.807) is 0 Å². The molecule has 0 saturated carbocycles. The molecule has 0 aliphatic rings. The first-order valence-corrected chi connectivity index (χ1v) is 8.96. The predicted molar refractivity (Wildman–Crippen MR) is 96.7 cm³/mol. The van der Waals surface area contributed by atoms with E-state index in [-0.39, 0.29) is 10.8 Å². The minimum Gasteiger partial charge on any atom is -0.598 e. The van der Waals surface area contributed by atoms with Gasteiger partial charge in [-0.1, -0.05) is 42.5 Å². The van der Waals surface area contributed by atoms with Crippen LogP contribution < -0.4 is 9.46 Å². The van der Waals surface area contributed by atoms with Gasteiger partial charge in [-0.25, -0.2) is 0 Å². The highest BCUT2D eigenvalue weighted by Crippen LogP contribution is 2.22. The SMILES string of the molecule is CC(N[S@@+]([O-])C(C)(C)C)c1ccc(OCc2ccccc2)cc1. The van der Waals surface area contributed by atoms with Crippen LogP contribution in [0.3, 0.4) is 0 Å². The second-order valence-electron chi connectivity index (χ2n) is 6.56. The van der Waals surface area contributed by atoms with Crippen molar-refractivity contribution in [1.29, 1.82) is 0 Å². The summed E-state index contributed by atoms with van der Waals surface area (Å²) in [7, 11) is 0. The Kier molecular flexibility index (Phi) is 6.10. The molecule has 0 fully saturated rings. The molecule has 3 nitrogen and oxygen atoms in total. The summed E-state index contributed by atoms with van der Waals surface area (Å²) in [5.74, 6) is 0.835. The molecule has 0 aliphatic heterocycles. The maximum Gasteiger partial charge on any atom is 0.136 e. The minimum atomic E-state index is -1.08. The maximum absolute atomic E-state index is 12.1. The van der Waals surface area contributed by atoms with Gasteiger partial charge in [-0.3, -0.25) is 0 Å². The van der Waals surface area contributed by atoms with Crippen LogP contribution in [-0.2, 0) is 18.0 Å². The van der Waals surface area contributed by atoms with E-state index in [9.17, 15) is 4.55 Å². The highest BCUT2D eigenvalue weighted by molar-refractivity contribution is 7.90. The zero-order chi connectivity index (χ0) is 16.9. The molecule has 0 aliphatic carbocycles. The Morgan fingerprint density at radius 1 is 1.04 bits per heavy atom. The molecule has 1 unspecified atom stereocenters. The molecule has 23 heavy (non-hydrogen) atoms. The van der Waals surface area contributed by atoms with Crippen LogP contribution in [-0.4, -0.2) is 9.30 Å². The van der Waals surface area contributed by atoms with Crippen molar-refractivity contribution in [3.63, 3.8) is 0 Å². The van der Waals surface area contributed by atoms with Crippen molar-refractivity contribution in [3.8, 4) is 5.75 Å². The summed E-state index contributed by atoms with van der Waals surface area (Å²) in [5.41, 5.74) is 2.24. The van der Waals surface area contributed by atoms with E-state index in [2.05, 4.69) is 4.72 Å². The third-order valence-electron chi connectivity index (χ3n) is 3.47. The van der Waals surface area contributed by atoms with Crippen LogP contribution in [0.25, 0.3) is 0 Å². The first-order chi connectivity index (χ1) is 10.9. The molecule has 2 aromatic rings. The molecule has 124 valence electrons. The smallest absolute Gasteiger partial charge is 0.136 e. The fraction of sp³-hybridized carbons (Fsp3) is 0.368. The van der Waals surface area contributed by atoms with Gasteiger partial charge in [-0.2, -0.15) is 0 Å². The zero-order valence-corrected chi connectivity index (χ0v) is 15.0. The Bertz CT molecular complexity index is 593. The zero-order valence-electron chi connectivity index (χ0n) is 14.2. The standard InChI is InChI=1S/C19H25NO2S/c1-15(20-23(21)19(2,3)4)17-10-12-18(13-11-17)22-14-16-8-6-5-7-9-16/h5-13,15,20H,14H2,1-4H3/t15?,23-/m0/s1. The van der Waals surface area contributed by atoms with Crippen LogP contribution in [0, 0.1) is 0 Å². The van der Waals surface area contributed by atoms with Gasteiger partial charge < -0.3 is 9.29 Å². The van der Waals surface area contributed by atoms with Crippen molar-refractivity contribution < 1.29 is 9.29 Å². The summed E-state index contributed by atoms with van der Waals surface area (Å²) in [6.45, 7) is 8.46. The molecule has 0 heterocycles. The van der Waals surface area contributed by atoms with Gasteiger partial charge in [0.2, 0.25) is 0 Å². The largest absolute Gasteiger partial charge is 0.598 e. The van der Waals surface area contributed by atoms with Crippen molar-refractivity contribution in [2.45, 2.75) is 45.1 Å². The molecule has 0 saturated heterocycles. The monoisotopic (exact) mass is 331 g/mol. The lowest BCUT2D eigenvalue weighted by Gasteiger charge is -2.26. The summed E-state index contributed by atoms with van der Waals surface area (Å²) in [6, 6.07) is 18.1. The second kappa shape index (κ2) is 7.86. The average Bonchev–Trinajstić information content (AvgIpc) is 2.53. The van der Waals surface area contributed by atoms with E-state index in [0.717, 1.165) is 16.9 Å². The molecule has 2 atom stereocenters. The Balaban J connectivity index is 1.91. The van der Waals surface area contributed by atoms with Gasteiger partial charge >= 0.3 is 0 Å². The van der Waals surface area contributed by atoms with E-state index in [4.69, 9.17) is 4.74 Å². The van der Waals surface area contributed by atoms with Crippen LogP contribution in [0.2, 0.25) is 0 Å². The van der Waals surface area contributed by atoms with Gasteiger partial charge in [-0.05, 0) is 51.0 Å². The summed E-state index contributed by atoms with van der Waals surface area (Å²) in [6.07, 6.45) is 0. The van der Waals surface area contributed by atoms with Crippen LogP contribution in [0.15, 0.2) is 54.6 Å². The maximum atomic E-state index is 12.1. The van der Waals surface area contributed by atoms with Gasteiger partial charge in [-0.15, -0.1) is 4.72 Å². The van der Waals surface area contributed by atoms with Crippen molar-refractivity contribution in [3.05, 3.63) is 65.7 Å². The number of benzene rings is 2. The molecule has 0 spiro atoms. The van der Waals surface area contributed by atoms with Crippen LogP contribution in [0.5, 0.6) is 5.75 Å². The molecule has 2 rings (SSSR count). The second-order valence-corrected chi connectivity index (χ2v) is 8.56. The van der Waals surface area contributed by atoms with E-state index >= 15 is 0 Å². The number of rotatable bonds is 6. The quantitative estimate of drug-likeness (QED) is 0.799. The molecule has 4 heteroatoms. The summed E-state index contributed by atoms with van der Waals surface area (Å²) < 4.78 is 20.8. The predicted octanol–water partition coefficient (Wildman–Crippen LogP) is 4.38. The average molecular weight is 331 g/mol. The Labute approximate surface area is 142 Å². The summed E-state index contributed by atoms with van der Waals surface area (Å²) in [5, 5.41) is 0. The number of nitrogens with one attached hydrogen (secondary N) is 1. The Morgan fingerprint density at radius 3 is 2.22 bits per heavy atom. The van der Waals surface area contributed by atoms with E-state index < -0.39 is 11.4 Å². The lowest BCUT2D eigenvalue weighted by molar-refractivity contribution is 0.306. The molecule has 0 radical (unpaired) electrons. The number of ether oxygens (including phenoxy) is 1. The van der Waals surface area contributed by atoms with Gasteiger partial charge in [0.1, 0.15) is 17.1 Å². The molecular weight excluding hydrogens is 306 g/mol. The van der Waals surface area contributed by atoms with Gasteiger partial charge in [0.15, 0.2) is 0 Å². The summed E-state index contributed by atoms with van der Waals surface area (Å²) in [4.78, 5) is 0. The van der Waals surface area contributed by atoms with Gasteiger partial charge in [0, 0.05) is 11.4 Å². The summed E-state index contributed by atoms with van der Waals surface area (Å²) >= 11 is -1.08. The lowest BCUT2D eigenvalue weighted by Crippen LogP contribution is -2.40. The van der Waals surface area contributed by atoms with E-state index in [1.807, 2.05) is 82.3 Å². The van der Waals surface area contributed by atoms with Crippen molar-refractivity contribution in [1.82, 2.24) is 4.72 Å². The highest BCUT2D eigenvalue weighted by atomic mass is 32.2. The third kappa shape index (κ3) is 5.57. The lowest BCUT2D eigenvalue weighted by atomic mass is 10.1. The fourth-order valence-corrected chi connectivity index (χ4v) is 2.81. The number of hydrogen-bond acceptors (Lipinski definition) is 3. The third-order valence-corrected chi connectivity index (χ3v) is 5.15. The molecule has 1 N–H and O–H groups in total. The van der Waals surface area contributed by atoms with Gasteiger partial charge in [0.25, 0.3) is 0 Å². The Morgan fingerprint density at radius 2 is 1.65 bits per heavy atom. The molecular formula is C19H25NO2S. The normalized spacial score (nSPS) is 14.3. The fourth-order valence-electron chi connectivity index (χ4n) is 2.00. The first kappa shape index (κ1) is 17.9. The molecule has 0 aromatic heterocycles. The molecule has 0 bridgehead atoms. The minimum absolute atomic E-state index is 0.0261. The highest BCUT2D eigenvalue weighted by Gasteiger charge is 2.28. The van der Waals surface area contributed by atoms with Crippen molar-refractivity contribution >= 4 is 11.4 Å². The van der Waals surface area contributed by atoms with Crippen molar-refractivity contribution in [2.75, 3.05) is 0 Å². The first-order valence-electron chi connectivity index (χ1n) is 7.81. The Hall–Kier alpha value is -1.49. The van der Waals surface area contributed by atoms with Gasteiger partial charge in [0.05, 0.1) is 6.04 Å². The van der Waals surface area contributed by atoms with Crippen LogP contribution in [0.1, 0.15) is 44.9 Å². The van der Waals surface area contributed by atoms with E-state index in [0.29, 0.717) is 6.61 Å². The topological polar surface area (TPSA) is 44.3 Å². The molecule has 2 aromatic carbocycles. The van der Waals surface area contributed by atoms with E-state index in [1.165, 1.54) is 0 Å². The van der Waals surface area contributed by atoms with Crippen molar-refractivity contribution in [2.24, 2.45) is 0 Å². The van der Waals surface area contributed by atoms with Crippen LogP contribution in [0.4, 0.5) is 0 Å². The van der Waals surface area contributed by atoms with Crippen LogP contribution >= 0.6 is 0 Å². The molecule has 0 amide bonds.